The summed E-state index contributed by atoms with van der Waals surface area (Å²) in [5.74, 6) is -0.935. The van der Waals surface area contributed by atoms with Gasteiger partial charge in [0.1, 0.15) is 0 Å². The van der Waals surface area contributed by atoms with Crippen LogP contribution in [0.15, 0.2) is 12.2 Å². The SMILES string of the molecule is C=C(C)C(=O)O.CC(C)(C)CC(C)(C)C(C)(C)C. The minimum atomic E-state index is -0.935. The minimum absolute atomic E-state index is 0.176. The molecule has 18 heavy (non-hydrogen) atoms. The van der Waals surface area contributed by atoms with E-state index in [1.807, 2.05) is 0 Å². The first-order chi connectivity index (χ1) is 7.60. The number of hydrogen-bond donors (Lipinski definition) is 1. The molecule has 0 aromatic rings. The lowest BCUT2D eigenvalue weighted by Gasteiger charge is -2.43. The third kappa shape index (κ3) is 9.26. The zero-order valence-electron chi connectivity index (χ0n) is 13.8. The second-order valence-electron chi connectivity index (χ2n) is 7.96. The summed E-state index contributed by atoms with van der Waals surface area (Å²) in [6, 6.07) is 0. The molecule has 0 bridgehead atoms. The van der Waals surface area contributed by atoms with E-state index in [4.69, 9.17) is 5.11 Å². The van der Waals surface area contributed by atoms with Crippen molar-refractivity contribution in [2.75, 3.05) is 0 Å². The summed E-state index contributed by atoms with van der Waals surface area (Å²) >= 11 is 0. The maximum absolute atomic E-state index is 9.60. The largest absolute Gasteiger partial charge is 0.478 e. The lowest BCUT2D eigenvalue weighted by molar-refractivity contribution is -0.132. The first-order valence-corrected chi connectivity index (χ1v) is 6.49. The van der Waals surface area contributed by atoms with E-state index in [0.29, 0.717) is 16.2 Å². The van der Waals surface area contributed by atoms with E-state index < -0.39 is 5.97 Å². The molecule has 108 valence electrons. The molecule has 0 radical (unpaired) electrons. The Balaban J connectivity index is 0. The molecular weight excluding hydrogens is 224 g/mol. The maximum atomic E-state index is 9.60. The fourth-order valence-electron chi connectivity index (χ4n) is 1.59. The molecule has 0 spiro atoms. The number of rotatable bonds is 2. The van der Waals surface area contributed by atoms with Crippen LogP contribution in [0.1, 0.15) is 68.7 Å². The first kappa shape index (κ1) is 19.5. The zero-order chi connectivity index (χ0) is 15.4. The molecule has 0 heterocycles. The van der Waals surface area contributed by atoms with Gasteiger partial charge in [-0.15, -0.1) is 0 Å². The summed E-state index contributed by atoms with van der Waals surface area (Å²) in [6.45, 7) is 23.3. The van der Waals surface area contributed by atoms with Crippen LogP contribution in [-0.4, -0.2) is 11.1 Å². The van der Waals surface area contributed by atoms with Crippen molar-refractivity contribution < 1.29 is 9.90 Å². The highest BCUT2D eigenvalue weighted by atomic mass is 16.4. The van der Waals surface area contributed by atoms with Gasteiger partial charge in [0.15, 0.2) is 0 Å². The Morgan fingerprint density at radius 2 is 1.28 bits per heavy atom. The van der Waals surface area contributed by atoms with Crippen LogP contribution >= 0.6 is 0 Å². The second kappa shape index (κ2) is 6.40. The highest BCUT2D eigenvalue weighted by Gasteiger charge is 2.35. The minimum Gasteiger partial charge on any atom is -0.478 e. The molecule has 0 fully saturated rings. The predicted octanol–water partition coefficient (Wildman–Crippen LogP) is 5.14. The molecule has 0 rings (SSSR count). The Morgan fingerprint density at radius 3 is 1.33 bits per heavy atom. The molecule has 0 unspecified atom stereocenters. The standard InChI is InChI=1S/C12H26.C4H6O2/c1-10(2,3)9-12(7,8)11(4,5)6;1-3(2)4(5)6/h9H2,1-8H3;1H2,2H3,(H,5,6). The normalized spacial score (nSPS) is 12.5. The van der Waals surface area contributed by atoms with E-state index in [9.17, 15) is 4.79 Å². The van der Waals surface area contributed by atoms with Crippen molar-refractivity contribution in [2.24, 2.45) is 16.2 Å². The molecule has 0 amide bonds. The van der Waals surface area contributed by atoms with Gasteiger partial charge in [0, 0.05) is 5.57 Å². The summed E-state index contributed by atoms with van der Waals surface area (Å²) in [7, 11) is 0. The molecular formula is C16H32O2. The van der Waals surface area contributed by atoms with Crippen molar-refractivity contribution in [3.8, 4) is 0 Å². The number of carboxylic acid groups (broad SMARTS) is 1. The van der Waals surface area contributed by atoms with Crippen LogP contribution < -0.4 is 0 Å². The van der Waals surface area contributed by atoms with Crippen LogP contribution in [0.2, 0.25) is 0 Å². The van der Waals surface area contributed by atoms with Gasteiger partial charge in [-0.2, -0.15) is 0 Å². The van der Waals surface area contributed by atoms with Gasteiger partial charge < -0.3 is 5.11 Å². The fraction of sp³-hybridized carbons (Fsp3) is 0.812. The number of hydrogen-bond acceptors (Lipinski definition) is 1. The van der Waals surface area contributed by atoms with Gasteiger partial charge in [-0.05, 0) is 29.6 Å². The summed E-state index contributed by atoms with van der Waals surface area (Å²) in [5.41, 5.74) is 1.44. The smallest absolute Gasteiger partial charge is 0.330 e. The Labute approximate surface area is 113 Å². The molecule has 1 N–H and O–H groups in total. The van der Waals surface area contributed by atoms with Gasteiger partial charge in [-0.3, -0.25) is 0 Å². The molecule has 0 aromatic carbocycles. The van der Waals surface area contributed by atoms with Gasteiger partial charge in [0.05, 0.1) is 0 Å². The highest BCUT2D eigenvalue weighted by Crippen LogP contribution is 2.45. The molecule has 0 saturated carbocycles. The molecule has 2 nitrogen and oxygen atoms in total. The van der Waals surface area contributed by atoms with Gasteiger partial charge in [0.2, 0.25) is 0 Å². The fourth-order valence-corrected chi connectivity index (χ4v) is 1.59. The number of carboxylic acids is 1. The van der Waals surface area contributed by atoms with Crippen molar-refractivity contribution in [2.45, 2.75) is 68.7 Å². The summed E-state index contributed by atoms with van der Waals surface area (Å²) in [5, 5.41) is 7.89. The monoisotopic (exact) mass is 256 g/mol. The third-order valence-corrected chi connectivity index (χ3v) is 3.37. The van der Waals surface area contributed by atoms with Gasteiger partial charge >= 0.3 is 5.97 Å². The molecule has 0 aromatic heterocycles. The predicted molar refractivity (Wildman–Crippen MR) is 79.8 cm³/mol. The molecule has 0 atom stereocenters. The van der Waals surface area contributed by atoms with Crippen LogP contribution in [0.25, 0.3) is 0 Å². The third-order valence-electron chi connectivity index (χ3n) is 3.37. The second-order valence-corrected chi connectivity index (χ2v) is 7.96. The van der Waals surface area contributed by atoms with E-state index in [-0.39, 0.29) is 5.57 Å². The Hall–Kier alpha value is -0.790. The van der Waals surface area contributed by atoms with Crippen molar-refractivity contribution in [1.29, 1.82) is 0 Å². The van der Waals surface area contributed by atoms with Crippen LogP contribution in [0, 0.1) is 16.2 Å². The topological polar surface area (TPSA) is 37.3 Å². The highest BCUT2D eigenvalue weighted by molar-refractivity contribution is 5.84. The maximum Gasteiger partial charge on any atom is 0.330 e. The van der Waals surface area contributed by atoms with Crippen LogP contribution in [0.5, 0.6) is 0 Å². The summed E-state index contributed by atoms with van der Waals surface area (Å²) < 4.78 is 0. The van der Waals surface area contributed by atoms with E-state index in [2.05, 4.69) is 62.0 Å². The van der Waals surface area contributed by atoms with Crippen LogP contribution in [0.3, 0.4) is 0 Å². The first-order valence-electron chi connectivity index (χ1n) is 6.49. The van der Waals surface area contributed by atoms with Crippen molar-refractivity contribution >= 4 is 5.97 Å². The summed E-state index contributed by atoms with van der Waals surface area (Å²) in [4.78, 5) is 9.60. The number of carbonyl (C=O) groups is 1. The Kier molecular flexibility index (Phi) is 6.95. The van der Waals surface area contributed by atoms with Gasteiger partial charge in [0.25, 0.3) is 0 Å². The lowest BCUT2D eigenvalue weighted by atomic mass is 9.63. The van der Waals surface area contributed by atoms with Crippen LogP contribution in [-0.2, 0) is 4.79 Å². The van der Waals surface area contributed by atoms with Crippen LogP contribution in [0.4, 0.5) is 0 Å². The molecule has 0 aliphatic rings. The van der Waals surface area contributed by atoms with E-state index in [1.165, 1.54) is 13.3 Å². The Morgan fingerprint density at radius 1 is 1.00 bits per heavy atom. The van der Waals surface area contributed by atoms with Crippen molar-refractivity contribution in [1.82, 2.24) is 0 Å². The molecule has 2 heteroatoms. The quantitative estimate of drug-likeness (QED) is 0.694. The van der Waals surface area contributed by atoms with Gasteiger partial charge in [-0.1, -0.05) is 62.0 Å². The van der Waals surface area contributed by atoms with Crippen molar-refractivity contribution in [3.63, 3.8) is 0 Å². The average molecular weight is 256 g/mol. The molecule has 0 saturated heterocycles. The van der Waals surface area contributed by atoms with E-state index >= 15 is 0 Å². The molecule has 0 aliphatic carbocycles. The zero-order valence-corrected chi connectivity index (χ0v) is 13.8. The lowest BCUT2D eigenvalue weighted by Crippen LogP contribution is -2.33. The summed E-state index contributed by atoms with van der Waals surface area (Å²) in [6.07, 6.45) is 1.28. The van der Waals surface area contributed by atoms with Crippen molar-refractivity contribution in [3.05, 3.63) is 12.2 Å². The Bertz CT molecular complexity index is 273. The average Bonchev–Trinajstić information content (AvgIpc) is 1.97. The molecule has 0 aliphatic heterocycles. The van der Waals surface area contributed by atoms with E-state index in [1.54, 1.807) is 0 Å². The van der Waals surface area contributed by atoms with Gasteiger partial charge in [-0.25, -0.2) is 4.79 Å². The number of aliphatic carboxylic acids is 1. The van der Waals surface area contributed by atoms with E-state index in [0.717, 1.165) is 0 Å².